The Kier molecular flexibility index (Phi) is 5.44. The monoisotopic (exact) mass is 307 g/mol. The minimum atomic E-state index is -3.73. The first-order chi connectivity index (χ1) is 8.74. The van der Waals surface area contributed by atoms with Crippen molar-refractivity contribution in [3.63, 3.8) is 0 Å². The number of sulfonamides is 1. The molecule has 0 radical (unpaired) electrons. The fourth-order valence-corrected chi connectivity index (χ4v) is 2.71. The maximum Gasteiger partial charge on any atom is 0.277 e. The third-order valence-corrected chi connectivity index (χ3v) is 4.30. The minimum absolute atomic E-state index is 0.0109. The molecule has 0 aliphatic rings. The van der Waals surface area contributed by atoms with Gasteiger partial charge in [-0.25, -0.2) is 18.3 Å². The fraction of sp³-hybridized carbons (Fsp3) is 0.400. The van der Waals surface area contributed by atoms with Crippen LogP contribution < -0.4 is 14.6 Å². The van der Waals surface area contributed by atoms with Crippen LogP contribution in [0, 0.1) is 0 Å². The second-order valence-electron chi connectivity index (χ2n) is 3.91. The highest BCUT2D eigenvalue weighted by Crippen LogP contribution is 2.08. The van der Waals surface area contributed by atoms with Gasteiger partial charge in [-0.1, -0.05) is 19.1 Å². The smallest absolute Gasteiger partial charge is 0.225 e. The molecule has 108 valence electrons. The number of rotatable bonds is 7. The van der Waals surface area contributed by atoms with Crippen LogP contribution >= 0.6 is 0 Å². The number of hydrogen-bond donors (Lipinski definition) is 3. The molecule has 0 saturated heterocycles. The molecule has 0 amide bonds. The molecule has 0 bridgehead atoms. The van der Waals surface area contributed by atoms with E-state index >= 15 is 0 Å². The lowest BCUT2D eigenvalue weighted by Crippen LogP contribution is -2.36. The average Bonchev–Trinajstić information content (AvgIpc) is 2.34. The van der Waals surface area contributed by atoms with Crippen LogP contribution in [0.4, 0.5) is 0 Å². The van der Waals surface area contributed by atoms with Crippen molar-refractivity contribution in [2.24, 2.45) is 5.14 Å². The normalized spacial score (nSPS) is 12.5. The molecular formula is C10H17N3O4S2. The topological polar surface area (TPSA) is 118 Å². The Bertz CT molecular complexity index is 609. The van der Waals surface area contributed by atoms with Gasteiger partial charge in [-0.15, -0.1) is 0 Å². The van der Waals surface area contributed by atoms with E-state index in [-0.39, 0.29) is 11.4 Å². The maximum atomic E-state index is 11.5. The summed E-state index contributed by atoms with van der Waals surface area (Å²) in [6, 6.07) is 5.67. The lowest BCUT2D eigenvalue weighted by atomic mass is 10.2. The molecule has 0 aromatic heterocycles. The van der Waals surface area contributed by atoms with E-state index in [4.69, 9.17) is 5.14 Å². The summed E-state index contributed by atoms with van der Waals surface area (Å²) in [5.74, 6) is 0. The molecule has 4 N–H and O–H groups in total. The fourth-order valence-electron chi connectivity index (χ4n) is 1.26. The molecule has 0 spiro atoms. The van der Waals surface area contributed by atoms with Crippen molar-refractivity contribution in [1.82, 2.24) is 9.44 Å². The van der Waals surface area contributed by atoms with Gasteiger partial charge in [0, 0.05) is 13.1 Å². The van der Waals surface area contributed by atoms with E-state index in [2.05, 4.69) is 9.44 Å². The van der Waals surface area contributed by atoms with E-state index in [1.54, 1.807) is 0 Å². The quantitative estimate of drug-likeness (QED) is 0.639. The molecule has 0 saturated carbocycles. The van der Waals surface area contributed by atoms with Crippen molar-refractivity contribution in [3.8, 4) is 0 Å². The molecule has 0 aliphatic carbocycles. The van der Waals surface area contributed by atoms with Gasteiger partial charge in [0.1, 0.15) is 0 Å². The molecule has 9 heteroatoms. The van der Waals surface area contributed by atoms with Crippen LogP contribution in [-0.2, 0) is 26.8 Å². The first-order valence-corrected chi connectivity index (χ1v) is 8.63. The highest BCUT2D eigenvalue weighted by molar-refractivity contribution is 7.89. The van der Waals surface area contributed by atoms with E-state index < -0.39 is 20.2 Å². The highest BCUT2D eigenvalue weighted by atomic mass is 32.2. The molecule has 0 fully saturated rings. The van der Waals surface area contributed by atoms with Crippen molar-refractivity contribution in [3.05, 3.63) is 29.8 Å². The van der Waals surface area contributed by atoms with Gasteiger partial charge in [-0.3, -0.25) is 0 Å². The summed E-state index contributed by atoms with van der Waals surface area (Å²) in [6.07, 6.45) is 0.698. The third kappa shape index (κ3) is 5.66. The van der Waals surface area contributed by atoms with E-state index in [1.165, 1.54) is 24.3 Å². The van der Waals surface area contributed by atoms with Gasteiger partial charge in [0.15, 0.2) is 0 Å². The molecule has 1 aromatic rings. The maximum absolute atomic E-state index is 11.5. The first kappa shape index (κ1) is 16.1. The van der Waals surface area contributed by atoms with Crippen LogP contribution in [0.15, 0.2) is 29.2 Å². The Balaban J connectivity index is 2.65. The number of hydrogen-bond acceptors (Lipinski definition) is 4. The molecule has 7 nitrogen and oxygen atoms in total. The van der Waals surface area contributed by atoms with Crippen molar-refractivity contribution < 1.29 is 16.8 Å². The predicted octanol–water partition coefficient (Wildman–Crippen LogP) is -0.332. The van der Waals surface area contributed by atoms with E-state index in [1.807, 2.05) is 6.92 Å². The highest BCUT2D eigenvalue weighted by Gasteiger charge is 2.09. The second-order valence-corrected chi connectivity index (χ2v) is 7.05. The van der Waals surface area contributed by atoms with E-state index in [9.17, 15) is 16.8 Å². The van der Waals surface area contributed by atoms with Crippen molar-refractivity contribution in [2.45, 2.75) is 24.8 Å². The Morgan fingerprint density at radius 2 is 1.63 bits per heavy atom. The van der Waals surface area contributed by atoms with Crippen LogP contribution in [0.25, 0.3) is 0 Å². The predicted molar refractivity (Wildman–Crippen MR) is 71.9 cm³/mol. The van der Waals surface area contributed by atoms with E-state index in [0.717, 1.165) is 0 Å². The van der Waals surface area contributed by atoms with Crippen molar-refractivity contribution in [2.75, 3.05) is 6.54 Å². The van der Waals surface area contributed by atoms with Crippen LogP contribution in [-0.4, -0.2) is 23.4 Å². The lowest BCUT2D eigenvalue weighted by Gasteiger charge is -2.07. The van der Waals surface area contributed by atoms with Crippen LogP contribution in [0.1, 0.15) is 18.9 Å². The molecule has 0 aliphatic heterocycles. The van der Waals surface area contributed by atoms with E-state index in [0.29, 0.717) is 18.5 Å². The van der Waals surface area contributed by atoms with Crippen LogP contribution in [0.3, 0.4) is 0 Å². The Morgan fingerprint density at radius 1 is 1.05 bits per heavy atom. The molecular weight excluding hydrogens is 290 g/mol. The van der Waals surface area contributed by atoms with Gasteiger partial charge >= 0.3 is 0 Å². The van der Waals surface area contributed by atoms with Crippen molar-refractivity contribution >= 4 is 20.2 Å². The Labute approximate surface area is 113 Å². The lowest BCUT2D eigenvalue weighted by molar-refractivity contribution is 0.565. The van der Waals surface area contributed by atoms with Gasteiger partial charge in [0.2, 0.25) is 10.0 Å². The molecule has 0 heterocycles. The van der Waals surface area contributed by atoms with Crippen LogP contribution in [0.5, 0.6) is 0 Å². The number of benzene rings is 1. The van der Waals surface area contributed by atoms with Gasteiger partial charge in [-0.05, 0) is 24.1 Å². The molecule has 0 atom stereocenters. The summed E-state index contributed by atoms with van der Waals surface area (Å²) in [5, 5.41) is 4.96. The summed E-state index contributed by atoms with van der Waals surface area (Å²) in [7, 11) is -7.25. The summed E-state index contributed by atoms with van der Waals surface area (Å²) in [5.41, 5.74) is 0.634. The largest absolute Gasteiger partial charge is 0.277 e. The zero-order valence-electron chi connectivity index (χ0n) is 10.5. The Morgan fingerprint density at radius 3 is 2.11 bits per heavy atom. The molecule has 19 heavy (non-hydrogen) atoms. The zero-order chi connectivity index (χ0) is 14.5. The summed E-state index contributed by atoms with van der Waals surface area (Å²) in [6.45, 7) is 2.29. The second kappa shape index (κ2) is 6.44. The SMILES string of the molecule is CCCNS(=O)(=O)NCc1ccc(S(N)(=O)=O)cc1. The summed E-state index contributed by atoms with van der Waals surface area (Å²) >= 11 is 0. The number of primary sulfonamides is 1. The molecule has 1 rings (SSSR count). The number of nitrogens with one attached hydrogen (secondary N) is 2. The standard InChI is InChI=1S/C10H17N3O4S2/c1-2-7-12-19(16,17)13-8-9-3-5-10(6-4-9)18(11,14)15/h3-6,12-13H,2,7-8H2,1H3,(H2,11,14,15). The number of nitrogens with two attached hydrogens (primary N) is 1. The summed E-state index contributed by atoms with van der Waals surface area (Å²) in [4.78, 5) is -0.0109. The third-order valence-electron chi connectivity index (χ3n) is 2.26. The summed E-state index contributed by atoms with van der Waals surface area (Å²) < 4.78 is 49.7. The average molecular weight is 307 g/mol. The zero-order valence-corrected chi connectivity index (χ0v) is 12.1. The van der Waals surface area contributed by atoms with Crippen LogP contribution in [0.2, 0.25) is 0 Å². The molecule has 0 unspecified atom stereocenters. The van der Waals surface area contributed by atoms with Gasteiger partial charge in [-0.2, -0.15) is 13.1 Å². The molecule has 1 aromatic carbocycles. The van der Waals surface area contributed by atoms with Gasteiger partial charge < -0.3 is 0 Å². The van der Waals surface area contributed by atoms with Crippen molar-refractivity contribution in [1.29, 1.82) is 0 Å². The first-order valence-electron chi connectivity index (χ1n) is 5.60. The minimum Gasteiger partial charge on any atom is -0.225 e. The Hall–Kier alpha value is -1.00. The van der Waals surface area contributed by atoms with Gasteiger partial charge in [0.05, 0.1) is 4.90 Å². The van der Waals surface area contributed by atoms with Gasteiger partial charge in [0.25, 0.3) is 10.2 Å².